The molecule has 1 aliphatic heterocycles. The number of rotatable bonds is 3. The van der Waals surface area contributed by atoms with Crippen molar-refractivity contribution in [3.63, 3.8) is 0 Å². The van der Waals surface area contributed by atoms with Crippen molar-refractivity contribution in [1.82, 2.24) is 0 Å². The standard InChI is InChI=1S/C25H36O4/c1-13-5-6-16(27)11-18-21(13)17-9-10-25(4)19(14(2)12-28-15(3)26)7-8-20(25)22(17)24-23(18)29-24/h11,13-14,17,19-24H,5-10,12H2,1-4H3/t13-,14-,17?,19-,20?,21?,22?,23-,24+,25-/m1/s1. The topological polar surface area (TPSA) is 55.9 Å². The summed E-state index contributed by atoms with van der Waals surface area (Å²) in [5.41, 5.74) is 1.66. The Balaban J connectivity index is 1.41. The van der Waals surface area contributed by atoms with Gasteiger partial charge in [0.25, 0.3) is 0 Å². The second kappa shape index (κ2) is 6.93. The summed E-state index contributed by atoms with van der Waals surface area (Å²) in [6.45, 7) is 9.20. The van der Waals surface area contributed by atoms with Crippen LogP contribution in [-0.2, 0) is 19.1 Å². The SMILES string of the molecule is CC(=O)OC[C@@H](C)[C@H]1CCC2C3C(CC[C@@]21C)C1C(=CC(=O)CC[C@H]1C)[C@H]1O[C@@H]31. The van der Waals surface area contributed by atoms with Gasteiger partial charge in [-0.1, -0.05) is 20.8 Å². The van der Waals surface area contributed by atoms with Crippen molar-refractivity contribution in [3.05, 3.63) is 11.6 Å². The Labute approximate surface area is 174 Å². The summed E-state index contributed by atoms with van der Waals surface area (Å²) in [7, 11) is 0. The quantitative estimate of drug-likeness (QED) is 0.514. The van der Waals surface area contributed by atoms with E-state index in [0.29, 0.717) is 71.8 Å². The molecule has 0 aromatic carbocycles. The predicted molar refractivity (Wildman–Crippen MR) is 110 cm³/mol. The second-order valence-electron chi connectivity index (χ2n) is 11.0. The van der Waals surface area contributed by atoms with Crippen molar-refractivity contribution < 1.29 is 19.1 Å². The van der Waals surface area contributed by atoms with E-state index in [0.717, 1.165) is 6.42 Å². The number of allylic oxidation sites excluding steroid dienone is 1. The van der Waals surface area contributed by atoms with Crippen LogP contribution in [0.4, 0.5) is 0 Å². The Morgan fingerprint density at radius 3 is 2.86 bits per heavy atom. The first kappa shape index (κ1) is 19.8. The lowest BCUT2D eigenvalue weighted by Gasteiger charge is -2.53. The molecular weight excluding hydrogens is 364 g/mol. The van der Waals surface area contributed by atoms with Gasteiger partial charge in [-0.15, -0.1) is 0 Å². The molecule has 0 N–H and O–H groups in total. The number of epoxide rings is 1. The highest BCUT2D eigenvalue weighted by molar-refractivity contribution is 5.91. The third kappa shape index (κ3) is 3.04. The van der Waals surface area contributed by atoms with E-state index in [1.165, 1.54) is 38.2 Å². The second-order valence-corrected chi connectivity index (χ2v) is 11.0. The van der Waals surface area contributed by atoms with Crippen molar-refractivity contribution >= 4 is 11.8 Å². The van der Waals surface area contributed by atoms with Gasteiger partial charge in [-0.25, -0.2) is 0 Å². The average molecular weight is 401 g/mol. The monoisotopic (exact) mass is 400 g/mol. The minimum Gasteiger partial charge on any atom is -0.466 e. The highest BCUT2D eigenvalue weighted by Crippen LogP contribution is 2.68. The van der Waals surface area contributed by atoms with Gasteiger partial charge in [0.2, 0.25) is 0 Å². The van der Waals surface area contributed by atoms with Crippen LogP contribution in [0.25, 0.3) is 0 Å². The molecule has 29 heavy (non-hydrogen) atoms. The van der Waals surface area contributed by atoms with Crippen LogP contribution in [0, 0.1) is 46.8 Å². The molecule has 4 unspecified atom stereocenters. The number of ketones is 1. The number of ether oxygens (including phenoxy) is 2. The van der Waals surface area contributed by atoms with Crippen LogP contribution in [0.1, 0.15) is 66.2 Å². The lowest BCUT2D eigenvalue weighted by atomic mass is 9.50. The van der Waals surface area contributed by atoms with Gasteiger partial charge in [0.15, 0.2) is 5.78 Å². The summed E-state index contributed by atoms with van der Waals surface area (Å²) in [5, 5.41) is 0. The summed E-state index contributed by atoms with van der Waals surface area (Å²) >= 11 is 0. The number of esters is 1. The Morgan fingerprint density at radius 2 is 2.10 bits per heavy atom. The molecule has 4 nitrogen and oxygen atoms in total. The number of hydrogen-bond donors (Lipinski definition) is 0. The molecule has 0 amide bonds. The first-order valence-electron chi connectivity index (χ1n) is 11.8. The highest BCUT2D eigenvalue weighted by Gasteiger charge is 2.66. The number of carbonyl (C=O) groups excluding carboxylic acids is 2. The van der Waals surface area contributed by atoms with Crippen LogP contribution >= 0.6 is 0 Å². The van der Waals surface area contributed by atoms with Crippen LogP contribution in [0.15, 0.2) is 11.6 Å². The molecule has 160 valence electrons. The van der Waals surface area contributed by atoms with Crippen molar-refractivity contribution in [2.75, 3.05) is 6.61 Å². The van der Waals surface area contributed by atoms with E-state index in [4.69, 9.17) is 9.47 Å². The molecule has 0 spiro atoms. The Bertz CT molecular complexity index is 741. The minimum atomic E-state index is -0.169. The number of fused-ring (bicyclic) bond motifs is 8. The summed E-state index contributed by atoms with van der Waals surface area (Å²) < 4.78 is 11.7. The van der Waals surface area contributed by atoms with E-state index < -0.39 is 0 Å². The highest BCUT2D eigenvalue weighted by atomic mass is 16.6. The molecular formula is C25H36O4. The third-order valence-corrected chi connectivity index (χ3v) is 9.56. The van der Waals surface area contributed by atoms with Gasteiger partial charge < -0.3 is 9.47 Å². The molecule has 5 aliphatic rings. The first-order chi connectivity index (χ1) is 13.8. The van der Waals surface area contributed by atoms with Crippen LogP contribution in [0.2, 0.25) is 0 Å². The Kier molecular flexibility index (Phi) is 4.73. The normalized spacial score (nSPS) is 49.0. The molecule has 0 bridgehead atoms. The van der Waals surface area contributed by atoms with Gasteiger partial charge >= 0.3 is 5.97 Å². The molecule has 0 radical (unpaired) electrons. The molecule has 5 rings (SSSR count). The number of carbonyl (C=O) groups is 2. The fourth-order valence-corrected chi connectivity index (χ4v) is 8.31. The summed E-state index contributed by atoms with van der Waals surface area (Å²) in [4.78, 5) is 23.6. The maximum atomic E-state index is 12.3. The summed E-state index contributed by atoms with van der Waals surface area (Å²) in [5.74, 6) is 4.31. The van der Waals surface area contributed by atoms with E-state index >= 15 is 0 Å². The zero-order valence-corrected chi connectivity index (χ0v) is 18.4. The molecule has 1 heterocycles. The largest absolute Gasteiger partial charge is 0.466 e. The van der Waals surface area contributed by atoms with Gasteiger partial charge in [0, 0.05) is 13.3 Å². The first-order valence-corrected chi connectivity index (χ1v) is 11.8. The van der Waals surface area contributed by atoms with E-state index in [9.17, 15) is 9.59 Å². The van der Waals surface area contributed by atoms with Gasteiger partial charge in [0.1, 0.15) is 6.10 Å². The third-order valence-electron chi connectivity index (χ3n) is 9.56. The molecule has 3 saturated carbocycles. The average Bonchev–Trinajstić information content (AvgIpc) is 3.41. The smallest absolute Gasteiger partial charge is 0.302 e. The van der Waals surface area contributed by atoms with Crippen LogP contribution in [-0.4, -0.2) is 30.6 Å². The zero-order valence-electron chi connectivity index (χ0n) is 18.4. The van der Waals surface area contributed by atoms with E-state index in [1.807, 2.05) is 6.08 Å². The minimum absolute atomic E-state index is 0.169. The molecule has 4 aliphatic carbocycles. The molecule has 4 fully saturated rings. The molecule has 0 aromatic heterocycles. The summed E-state index contributed by atoms with van der Waals surface area (Å²) in [6, 6.07) is 0. The Morgan fingerprint density at radius 1 is 1.31 bits per heavy atom. The van der Waals surface area contributed by atoms with Gasteiger partial charge in [0.05, 0.1) is 12.7 Å². The lowest BCUT2D eigenvalue weighted by molar-refractivity contribution is -0.143. The van der Waals surface area contributed by atoms with Gasteiger partial charge in [-0.3, -0.25) is 9.59 Å². The van der Waals surface area contributed by atoms with Crippen molar-refractivity contribution in [2.45, 2.75) is 78.4 Å². The maximum Gasteiger partial charge on any atom is 0.302 e. The van der Waals surface area contributed by atoms with Crippen LogP contribution < -0.4 is 0 Å². The maximum absolute atomic E-state index is 12.3. The molecule has 1 saturated heterocycles. The van der Waals surface area contributed by atoms with Crippen molar-refractivity contribution in [2.24, 2.45) is 46.8 Å². The molecule has 4 heteroatoms. The van der Waals surface area contributed by atoms with E-state index in [2.05, 4.69) is 20.8 Å². The fourth-order valence-electron chi connectivity index (χ4n) is 8.31. The number of hydrogen-bond acceptors (Lipinski definition) is 4. The van der Waals surface area contributed by atoms with Crippen molar-refractivity contribution in [1.29, 1.82) is 0 Å². The van der Waals surface area contributed by atoms with Gasteiger partial charge in [-0.2, -0.15) is 0 Å². The van der Waals surface area contributed by atoms with E-state index in [1.54, 1.807) is 0 Å². The fraction of sp³-hybridized carbons (Fsp3) is 0.840. The summed E-state index contributed by atoms with van der Waals surface area (Å²) in [6.07, 6.45) is 9.28. The predicted octanol–water partition coefficient (Wildman–Crippen LogP) is 4.57. The van der Waals surface area contributed by atoms with Crippen LogP contribution in [0.5, 0.6) is 0 Å². The van der Waals surface area contributed by atoms with E-state index in [-0.39, 0.29) is 12.1 Å². The molecule has 10 atom stereocenters. The van der Waals surface area contributed by atoms with Gasteiger partial charge in [-0.05, 0) is 90.6 Å². The lowest BCUT2D eigenvalue weighted by Crippen LogP contribution is -2.50. The zero-order chi connectivity index (χ0) is 20.5. The molecule has 0 aromatic rings. The van der Waals surface area contributed by atoms with Crippen molar-refractivity contribution in [3.8, 4) is 0 Å². The van der Waals surface area contributed by atoms with Crippen LogP contribution in [0.3, 0.4) is 0 Å². The Hall–Kier alpha value is -1.16.